The number of hydrogen-bond donors (Lipinski definition) is 3. The number of amides is 2. The molecule has 2 amide bonds. The van der Waals surface area contributed by atoms with E-state index in [9.17, 15) is 9.59 Å². The fraction of sp³-hybridized carbons (Fsp3) is 0.250. The first kappa shape index (κ1) is 17.1. The maximum Gasteiger partial charge on any atom is 0.291 e. The normalized spacial score (nSPS) is 11.7. The third kappa shape index (κ3) is 5.15. The van der Waals surface area contributed by atoms with Gasteiger partial charge in [-0.1, -0.05) is 0 Å². The van der Waals surface area contributed by atoms with Gasteiger partial charge < -0.3 is 20.8 Å². The number of nitrogens with two attached hydrogens (primary N) is 1. The van der Waals surface area contributed by atoms with E-state index in [0.717, 1.165) is 5.75 Å². The molecular weight excluding hydrogens is 314 g/mol. The molecule has 2 aromatic rings. The van der Waals surface area contributed by atoms with Crippen LogP contribution < -0.4 is 16.4 Å². The summed E-state index contributed by atoms with van der Waals surface area (Å²) in [6.07, 6.45) is 4.04. The maximum atomic E-state index is 11.9. The lowest BCUT2D eigenvalue weighted by Crippen LogP contribution is -2.36. The number of anilines is 2. The highest BCUT2D eigenvalue weighted by Gasteiger charge is 2.13. The van der Waals surface area contributed by atoms with Crippen molar-refractivity contribution in [2.75, 3.05) is 22.6 Å². The summed E-state index contributed by atoms with van der Waals surface area (Å²) in [6.45, 7) is 0. The summed E-state index contributed by atoms with van der Waals surface area (Å²) in [6, 6.07) is 9.51. The van der Waals surface area contributed by atoms with E-state index < -0.39 is 6.04 Å². The molecule has 122 valence electrons. The predicted octanol–water partition coefficient (Wildman–Crippen LogP) is 2.55. The van der Waals surface area contributed by atoms with Gasteiger partial charge >= 0.3 is 0 Å². The molecule has 0 unspecified atom stereocenters. The molecule has 0 aliphatic carbocycles. The molecule has 0 aliphatic rings. The first-order valence-corrected chi connectivity index (χ1v) is 8.50. The number of benzene rings is 1. The van der Waals surface area contributed by atoms with Crippen LogP contribution in [0.5, 0.6) is 0 Å². The molecule has 1 aromatic carbocycles. The Bertz CT molecular complexity index is 641. The van der Waals surface area contributed by atoms with Crippen LogP contribution in [-0.2, 0) is 4.79 Å². The van der Waals surface area contributed by atoms with Gasteiger partial charge in [0.15, 0.2) is 5.76 Å². The Hall–Kier alpha value is -2.25. The first-order chi connectivity index (χ1) is 11.1. The van der Waals surface area contributed by atoms with Crippen molar-refractivity contribution in [1.82, 2.24) is 0 Å². The van der Waals surface area contributed by atoms with E-state index in [-0.39, 0.29) is 17.6 Å². The standard InChI is InChI=1S/C16H19N3O3S/c1-23-10-8-13(17)15(20)18-11-4-6-12(7-5-11)19-16(21)14-3-2-9-22-14/h2-7,9,13H,8,10,17H2,1H3,(H,18,20)(H,19,21)/t13-/m0/s1. The maximum absolute atomic E-state index is 11.9. The molecule has 0 saturated carbocycles. The van der Waals surface area contributed by atoms with Gasteiger partial charge in [0.2, 0.25) is 5.91 Å². The monoisotopic (exact) mass is 333 g/mol. The molecule has 23 heavy (non-hydrogen) atoms. The summed E-state index contributed by atoms with van der Waals surface area (Å²) in [7, 11) is 0. The highest BCUT2D eigenvalue weighted by Crippen LogP contribution is 2.15. The Morgan fingerprint density at radius 2 is 1.83 bits per heavy atom. The minimum Gasteiger partial charge on any atom is -0.459 e. The number of thioether (sulfide) groups is 1. The van der Waals surface area contributed by atoms with E-state index in [1.165, 1.54) is 6.26 Å². The van der Waals surface area contributed by atoms with Crippen molar-refractivity contribution >= 4 is 35.0 Å². The van der Waals surface area contributed by atoms with Gasteiger partial charge in [-0.05, 0) is 54.8 Å². The van der Waals surface area contributed by atoms with Crippen LogP contribution in [0.4, 0.5) is 11.4 Å². The van der Waals surface area contributed by atoms with E-state index in [4.69, 9.17) is 10.2 Å². The van der Waals surface area contributed by atoms with Gasteiger partial charge in [0.1, 0.15) is 0 Å². The Morgan fingerprint density at radius 1 is 1.17 bits per heavy atom. The Kier molecular flexibility index (Phi) is 6.25. The lowest BCUT2D eigenvalue weighted by Gasteiger charge is -2.12. The van der Waals surface area contributed by atoms with Crippen LogP contribution >= 0.6 is 11.8 Å². The first-order valence-electron chi connectivity index (χ1n) is 7.10. The molecule has 4 N–H and O–H groups in total. The zero-order chi connectivity index (χ0) is 16.7. The molecule has 0 spiro atoms. The summed E-state index contributed by atoms with van der Waals surface area (Å²) in [5.74, 6) is 0.534. The molecule has 1 atom stereocenters. The van der Waals surface area contributed by atoms with Gasteiger partial charge in [-0.2, -0.15) is 11.8 Å². The van der Waals surface area contributed by atoms with E-state index in [1.54, 1.807) is 48.2 Å². The van der Waals surface area contributed by atoms with Crippen LogP contribution in [0.15, 0.2) is 47.1 Å². The molecule has 2 rings (SSSR count). The highest BCUT2D eigenvalue weighted by molar-refractivity contribution is 7.98. The molecule has 0 aliphatic heterocycles. The lowest BCUT2D eigenvalue weighted by atomic mass is 10.2. The zero-order valence-electron chi connectivity index (χ0n) is 12.7. The molecule has 6 nitrogen and oxygen atoms in total. The van der Waals surface area contributed by atoms with Gasteiger partial charge in [-0.3, -0.25) is 9.59 Å². The van der Waals surface area contributed by atoms with E-state index >= 15 is 0 Å². The summed E-state index contributed by atoms with van der Waals surface area (Å²) in [4.78, 5) is 23.7. The van der Waals surface area contributed by atoms with E-state index in [0.29, 0.717) is 17.8 Å². The highest BCUT2D eigenvalue weighted by atomic mass is 32.2. The minimum atomic E-state index is -0.527. The zero-order valence-corrected chi connectivity index (χ0v) is 13.6. The van der Waals surface area contributed by atoms with Crippen molar-refractivity contribution in [2.45, 2.75) is 12.5 Å². The van der Waals surface area contributed by atoms with Crippen molar-refractivity contribution in [3.8, 4) is 0 Å². The van der Waals surface area contributed by atoms with Gasteiger partial charge in [-0.25, -0.2) is 0 Å². The second-order valence-corrected chi connectivity index (χ2v) is 5.87. The SMILES string of the molecule is CSCC[C@H](N)C(=O)Nc1ccc(NC(=O)c2ccco2)cc1. The molecule has 1 aromatic heterocycles. The number of hydrogen-bond acceptors (Lipinski definition) is 5. The topological polar surface area (TPSA) is 97.4 Å². The van der Waals surface area contributed by atoms with Gasteiger partial charge in [0.05, 0.1) is 12.3 Å². The van der Waals surface area contributed by atoms with Crippen LogP contribution in [0.25, 0.3) is 0 Å². The molecule has 1 heterocycles. The summed E-state index contributed by atoms with van der Waals surface area (Å²) < 4.78 is 5.02. The van der Waals surface area contributed by atoms with Crippen LogP contribution in [0.1, 0.15) is 17.0 Å². The number of nitrogens with one attached hydrogen (secondary N) is 2. The molecule has 0 radical (unpaired) electrons. The quantitative estimate of drug-likeness (QED) is 0.723. The Labute approximate surface area is 138 Å². The third-order valence-electron chi connectivity index (χ3n) is 3.13. The van der Waals surface area contributed by atoms with Crippen molar-refractivity contribution in [3.63, 3.8) is 0 Å². The average molecular weight is 333 g/mol. The third-order valence-corrected chi connectivity index (χ3v) is 3.77. The fourth-order valence-electron chi connectivity index (χ4n) is 1.85. The number of furan rings is 1. The van der Waals surface area contributed by atoms with Crippen LogP contribution in [0.2, 0.25) is 0 Å². The minimum absolute atomic E-state index is 0.216. The Balaban J connectivity index is 1.89. The van der Waals surface area contributed by atoms with Gasteiger partial charge in [0, 0.05) is 11.4 Å². The molecule has 0 saturated heterocycles. The van der Waals surface area contributed by atoms with Gasteiger partial charge in [0.25, 0.3) is 5.91 Å². The van der Waals surface area contributed by atoms with Crippen molar-refractivity contribution in [3.05, 3.63) is 48.4 Å². The van der Waals surface area contributed by atoms with E-state index in [1.807, 2.05) is 6.26 Å². The summed E-state index contributed by atoms with van der Waals surface area (Å²) >= 11 is 1.65. The second kappa shape index (κ2) is 8.40. The summed E-state index contributed by atoms with van der Waals surface area (Å²) in [5, 5.41) is 5.46. The summed E-state index contributed by atoms with van der Waals surface area (Å²) in [5.41, 5.74) is 7.05. The molecule has 7 heteroatoms. The van der Waals surface area contributed by atoms with Crippen LogP contribution in [0.3, 0.4) is 0 Å². The second-order valence-electron chi connectivity index (χ2n) is 4.89. The van der Waals surface area contributed by atoms with Crippen molar-refractivity contribution in [2.24, 2.45) is 5.73 Å². The Morgan fingerprint density at radius 3 is 2.39 bits per heavy atom. The fourth-order valence-corrected chi connectivity index (χ4v) is 2.34. The van der Waals surface area contributed by atoms with E-state index in [2.05, 4.69) is 10.6 Å². The van der Waals surface area contributed by atoms with Gasteiger partial charge in [-0.15, -0.1) is 0 Å². The van der Waals surface area contributed by atoms with Crippen molar-refractivity contribution < 1.29 is 14.0 Å². The largest absolute Gasteiger partial charge is 0.459 e. The lowest BCUT2D eigenvalue weighted by molar-refractivity contribution is -0.117. The molecule has 0 bridgehead atoms. The predicted molar refractivity (Wildman–Crippen MR) is 92.7 cm³/mol. The number of carbonyl (C=O) groups is 2. The molecule has 0 fully saturated rings. The number of rotatable bonds is 7. The molecular formula is C16H19N3O3S. The number of carbonyl (C=O) groups excluding carboxylic acids is 2. The smallest absolute Gasteiger partial charge is 0.291 e. The average Bonchev–Trinajstić information content (AvgIpc) is 3.09. The van der Waals surface area contributed by atoms with Crippen molar-refractivity contribution in [1.29, 1.82) is 0 Å². The van der Waals surface area contributed by atoms with Crippen LogP contribution in [-0.4, -0.2) is 29.9 Å². The van der Waals surface area contributed by atoms with Crippen LogP contribution in [0, 0.1) is 0 Å².